The number of rotatable bonds is 6. The molecule has 8 nitrogen and oxygen atoms in total. The zero-order valence-corrected chi connectivity index (χ0v) is 17.1. The molecule has 0 saturated carbocycles. The average Bonchev–Trinajstić information content (AvgIpc) is 2.75. The number of nitrogens with zero attached hydrogens (tertiary/aromatic N) is 4. The summed E-state index contributed by atoms with van der Waals surface area (Å²) in [5.41, 5.74) is -0.0744. The number of benzene rings is 1. The van der Waals surface area contributed by atoms with Gasteiger partial charge in [0.15, 0.2) is 0 Å². The third-order valence-electron chi connectivity index (χ3n) is 4.42. The van der Waals surface area contributed by atoms with Gasteiger partial charge in [-0.3, -0.25) is 9.59 Å². The number of esters is 2. The predicted octanol–water partition coefficient (Wildman–Crippen LogP) is 1.42. The number of hydrogen-bond donors (Lipinski definition) is 0. The van der Waals surface area contributed by atoms with Gasteiger partial charge in [-0.1, -0.05) is 0 Å². The van der Waals surface area contributed by atoms with Crippen LogP contribution in [0.3, 0.4) is 0 Å². The predicted molar refractivity (Wildman–Crippen MR) is 105 cm³/mol. The topological polar surface area (TPSA) is 148 Å². The Morgan fingerprint density at radius 2 is 1.07 bits per heavy atom. The second kappa shape index (κ2) is 11.0. The van der Waals surface area contributed by atoms with Crippen LogP contribution >= 0.6 is 0 Å². The van der Waals surface area contributed by atoms with Crippen molar-refractivity contribution in [2.75, 3.05) is 13.2 Å². The molecular weight excluding hydrogens is 384 g/mol. The normalized spacial score (nSPS) is 11.5. The molecule has 0 radical (unpaired) electrons. The number of ether oxygens (including phenoxy) is 2. The van der Waals surface area contributed by atoms with Gasteiger partial charge in [0, 0.05) is 10.4 Å². The van der Waals surface area contributed by atoms with Gasteiger partial charge in [-0.25, -0.2) is 0 Å². The van der Waals surface area contributed by atoms with E-state index in [1.165, 1.54) is 26.0 Å². The Kier molecular flexibility index (Phi) is 8.77. The molecule has 8 heteroatoms. The number of hydrogen-bond acceptors (Lipinski definition) is 8. The van der Waals surface area contributed by atoms with Crippen molar-refractivity contribution >= 4 is 23.1 Å². The van der Waals surface area contributed by atoms with E-state index in [0.29, 0.717) is 0 Å². The van der Waals surface area contributed by atoms with Gasteiger partial charge in [-0.15, -0.1) is 0 Å². The third kappa shape index (κ3) is 5.02. The van der Waals surface area contributed by atoms with Gasteiger partial charge in [0.2, 0.25) is 0 Å². The molecule has 0 saturated heterocycles. The highest BCUT2D eigenvalue weighted by Crippen LogP contribution is 2.18. The summed E-state index contributed by atoms with van der Waals surface area (Å²) in [7, 11) is 0. The molecule has 1 aromatic rings. The maximum absolute atomic E-state index is 12.3. The smallest absolute Gasteiger partial charge is 0.313 e. The second-order valence-corrected chi connectivity index (χ2v) is 6.17. The van der Waals surface area contributed by atoms with Crippen molar-refractivity contribution in [1.29, 1.82) is 21.0 Å². The van der Waals surface area contributed by atoms with Crippen LogP contribution in [0.5, 0.6) is 0 Å². The molecule has 2 unspecified atom stereocenters. The van der Waals surface area contributed by atoms with Gasteiger partial charge < -0.3 is 9.47 Å². The van der Waals surface area contributed by atoms with Gasteiger partial charge in [0.05, 0.1) is 25.0 Å². The molecule has 0 fully saturated rings. The van der Waals surface area contributed by atoms with E-state index in [9.17, 15) is 30.6 Å². The maximum Gasteiger partial charge on any atom is 0.313 e. The standard InChI is InChI=1S/C22H20N4O4/c1-5-29-21(27)13(3)17-7-20(16(11-25)12-26)18(14(4)22(28)30-6-2)8-19(17)15(9-23)10-24/h7-8,13-14H,5-6H2,1-4H3. The van der Waals surface area contributed by atoms with E-state index in [4.69, 9.17) is 9.47 Å². The van der Waals surface area contributed by atoms with Crippen molar-refractivity contribution in [3.63, 3.8) is 0 Å². The molecule has 0 aliphatic heterocycles. The van der Waals surface area contributed by atoms with Crippen LogP contribution < -0.4 is 10.4 Å². The van der Waals surface area contributed by atoms with Crippen LogP contribution in [0.1, 0.15) is 50.7 Å². The summed E-state index contributed by atoms with van der Waals surface area (Å²) in [4.78, 5) is 24.6. The molecule has 0 N–H and O–H groups in total. The highest BCUT2D eigenvalue weighted by atomic mass is 16.5. The zero-order valence-electron chi connectivity index (χ0n) is 17.1. The van der Waals surface area contributed by atoms with Crippen molar-refractivity contribution in [2.24, 2.45) is 0 Å². The van der Waals surface area contributed by atoms with Crippen molar-refractivity contribution in [3.8, 4) is 24.3 Å². The van der Waals surface area contributed by atoms with Crippen LogP contribution in [0.15, 0.2) is 12.1 Å². The van der Waals surface area contributed by atoms with Gasteiger partial charge in [0.25, 0.3) is 0 Å². The Labute approximate surface area is 174 Å². The minimum Gasteiger partial charge on any atom is -0.466 e. The summed E-state index contributed by atoms with van der Waals surface area (Å²) in [5.74, 6) is -2.97. The zero-order chi connectivity index (χ0) is 22.8. The molecule has 30 heavy (non-hydrogen) atoms. The Hall–Kier alpha value is -4.14. The Morgan fingerprint density at radius 3 is 1.30 bits per heavy atom. The van der Waals surface area contributed by atoms with E-state index in [2.05, 4.69) is 0 Å². The number of carbonyl (C=O) groups excluding carboxylic acids is 2. The molecule has 1 rings (SSSR count). The van der Waals surface area contributed by atoms with Crippen LogP contribution in [0, 0.1) is 45.3 Å². The average molecular weight is 404 g/mol. The maximum atomic E-state index is 12.3. The lowest BCUT2D eigenvalue weighted by atomic mass is 9.88. The number of nitriles is 4. The highest BCUT2D eigenvalue weighted by Gasteiger charge is 2.24. The monoisotopic (exact) mass is 404 g/mol. The molecule has 0 bridgehead atoms. The lowest BCUT2D eigenvalue weighted by Crippen LogP contribution is -2.30. The molecule has 152 valence electrons. The molecule has 0 spiro atoms. The lowest BCUT2D eigenvalue weighted by Gasteiger charge is -2.17. The summed E-state index contributed by atoms with van der Waals surface area (Å²) in [6.45, 7) is 6.59. The third-order valence-corrected chi connectivity index (χ3v) is 4.42. The van der Waals surface area contributed by atoms with E-state index in [-0.39, 0.29) is 45.9 Å². The quantitative estimate of drug-likeness (QED) is 0.646. The van der Waals surface area contributed by atoms with Crippen molar-refractivity contribution in [2.45, 2.75) is 39.5 Å². The molecule has 0 amide bonds. The molecule has 0 heterocycles. The first kappa shape index (κ1) is 23.9. The van der Waals surface area contributed by atoms with Crippen LogP contribution in [0.2, 0.25) is 0 Å². The van der Waals surface area contributed by atoms with Crippen LogP contribution in [0.25, 0.3) is 11.1 Å². The fraction of sp³-hybridized carbons (Fsp3) is 0.364. The number of carbonyl (C=O) groups is 2. The summed E-state index contributed by atoms with van der Waals surface area (Å²) < 4.78 is 10.1. The van der Waals surface area contributed by atoms with E-state index in [1.807, 2.05) is 0 Å². The Balaban J connectivity index is 4.17. The second-order valence-electron chi connectivity index (χ2n) is 6.17. The molecule has 2 atom stereocenters. The van der Waals surface area contributed by atoms with Crippen molar-refractivity contribution < 1.29 is 19.1 Å². The van der Waals surface area contributed by atoms with Crippen molar-refractivity contribution in [3.05, 3.63) is 33.7 Å². The molecule has 1 aromatic carbocycles. The first-order valence-corrected chi connectivity index (χ1v) is 9.17. The highest BCUT2D eigenvalue weighted by molar-refractivity contribution is 5.83. The summed E-state index contributed by atoms with van der Waals surface area (Å²) >= 11 is 0. The first-order chi connectivity index (χ1) is 14.3. The largest absolute Gasteiger partial charge is 0.466 e. The van der Waals surface area contributed by atoms with Gasteiger partial charge >= 0.3 is 11.9 Å². The van der Waals surface area contributed by atoms with Gasteiger partial charge in [0.1, 0.15) is 35.4 Å². The minimum absolute atomic E-state index is 0.129. The molecular formula is C22H20N4O4. The summed E-state index contributed by atoms with van der Waals surface area (Å²) in [6, 6.07) is 9.90. The summed E-state index contributed by atoms with van der Waals surface area (Å²) in [6.07, 6.45) is 0. The van der Waals surface area contributed by atoms with Crippen LogP contribution in [0.4, 0.5) is 0 Å². The lowest BCUT2D eigenvalue weighted by molar-refractivity contribution is -0.145. The minimum atomic E-state index is -0.888. The molecule has 0 aliphatic rings. The Morgan fingerprint density at radius 1 is 0.767 bits per heavy atom. The van der Waals surface area contributed by atoms with E-state index in [0.717, 1.165) is 0 Å². The Bertz CT molecular complexity index is 1020. The summed E-state index contributed by atoms with van der Waals surface area (Å²) in [5, 5.41) is 37.8. The van der Waals surface area contributed by atoms with Crippen LogP contribution in [-0.4, -0.2) is 25.2 Å². The van der Waals surface area contributed by atoms with Gasteiger partial charge in [-0.2, -0.15) is 21.0 Å². The molecule has 0 aliphatic carbocycles. The van der Waals surface area contributed by atoms with Crippen molar-refractivity contribution in [1.82, 2.24) is 0 Å². The first-order valence-electron chi connectivity index (χ1n) is 9.17. The van der Waals surface area contributed by atoms with Crippen LogP contribution in [-0.2, 0) is 19.1 Å². The van der Waals surface area contributed by atoms with E-state index < -0.39 is 23.8 Å². The SMILES string of the molecule is CCOC(=O)C(C)c1cc(=C(C#N)C#N)c(C(C)C(=O)OCC)cc1=C(C#N)C#N. The molecule has 0 aromatic heterocycles. The van der Waals surface area contributed by atoms with E-state index >= 15 is 0 Å². The fourth-order valence-electron chi connectivity index (χ4n) is 2.86. The fourth-order valence-corrected chi connectivity index (χ4v) is 2.86. The van der Waals surface area contributed by atoms with E-state index in [1.54, 1.807) is 38.1 Å². The van der Waals surface area contributed by atoms with Gasteiger partial charge in [-0.05, 0) is 51.0 Å².